The first-order valence-electron chi connectivity index (χ1n) is 10.2. The zero-order chi connectivity index (χ0) is 23.4. The summed E-state index contributed by atoms with van der Waals surface area (Å²) >= 11 is 0. The predicted molar refractivity (Wildman–Crippen MR) is 114 cm³/mol. The monoisotopic (exact) mass is 451 g/mol. The largest absolute Gasteiger partial charge is 0.479 e. The van der Waals surface area contributed by atoms with Crippen LogP contribution in [0.3, 0.4) is 0 Å². The van der Waals surface area contributed by atoms with Gasteiger partial charge < -0.3 is 19.6 Å². The third-order valence-corrected chi connectivity index (χ3v) is 5.27. The first-order valence-corrected chi connectivity index (χ1v) is 10.2. The summed E-state index contributed by atoms with van der Waals surface area (Å²) in [5.41, 5.74) is 6.28. The number of ether oxygens (including phenoxy) is 1. The summed E-state index contributed by atoms with van der Waals surface area (Å²) in [6, 6.07) is 16.0. The van der Waals surface area contributed by atoms with Crippen LogP contribution in [-0.4, -0.2) is 40.8 Å². The molecule has 4 rings (SSSR count). The molecule has 1 unspecified atom stereocenters. The molecule has 1 aliphatic carbocycles. The maximum Gasteiger partial charge on any atom is 0.407 e. The molecule has 3 N–H and O–H groups in total. The maximum atomic E-state index is 12.3. The van der Waals surface area contributed by atoms with E-state index in [1.54, 1.807) is 0 Å². The first-order chi connectivity index (χ1) is 16.0. The molecule has 0 spiro atoms. The number of aromatic nitrogens is 1. The van der Waals surface area contributed by atoms with Crippen LogP contribution in [0.5, 0.6) is 0 Å². The number of alkyl carbamates (subject to hydrolysis) is 1. The number of hydroxylamine groups is 1. The van der Waals surface area contributed by atoms with Crippen molar-refractivity contribution < 1.29 is 33.5 Å². The lowest BCUT2D eigenvalue weighted by Crippen LogP contribution is -2.33. The molecule has 1 heterocycles. The lowest BCUT2D eigenvalue weighted by Gasteiger charge is -2.14. The van der Waals surface area contributed by atoms with Crippen molar-refractivity contribution in [2.45, 2.75) is 25.5 Å². The van der Waals surface area contributed by atoms with E-state index in [1.807, 2.05) is 54.0 Å². The van der Waals surface area contributed by atoms with E-state index in [0.29, 0.717) is 0 Å². The van der Waals surface area contributed by atoms with Crippen LogP contribution < -0.4 is 10.8 Å². The number of oxazole rings is 1. The van der Waals surface area contributed by atoms with E-state index in [1.165, 1.54) is 6.92 Å². The highest BCUT2D eigenvalue weighted by Crippen LogP contribution is 2.44. The smallest absolute Gasteiger partial charge is 0.407 e. The van der Waals surface area contributed by atoms with Gasteiger partial charge in [-0.1, -0.05) is 48.5 Å². The number of carbonyl (C=O) groups excluding carboxylic acids is 2. The van der Waals surface area contributed by atoms with Crippen LogP contribution in [0, 0.1) is 0 Å². The van der Waals surface area contributed by atoms with Crippen molar-refractivity contribution in [1.82, 2.24) is 15.8 Å². The van der Waals surface area contributed by atoms with Gasteiger partial charge in [-0.15, -0.1) is 0 Å². The molecule has 2 aromatic carbocycles. The summed E-state index contributed by atoms with van der Waals surface area (Å²) in [4.78, 5) is 43.7. The van der Waals surface area contributed by atoms with E-state index in [-0.39, 0.29) is 30.5 Å². The number of hydrogen-bond donors (Lipinski definition) is 3. The molecule has 0 aliphatic heterocycles. The van der Waals surface area contributed by atoms with Gasteiger partial charge in [0.2, 0.25) is 0 Å². The second-order valence-corrected chi connectivity index (χ2v) is 7.33. The van der Waals surface area contributed by atoms with Crippen LogP contribution in [0.4, 0.5) is 4.79 Å². The van der Waals surface area contributed by atoms with Gasteiger partial charge in [-0.2, -0.15) is 0 Å². The van der Waals surface area contributed by atoms with Crippen LogP contribution in [0.25, 0.3) is 11.1 Å². The molecule has 10 heteroatoms. The number of benzene rings is 2. The molecule has 0 bridgehead atoms. The Bertz CT molecular complexity index is 1140. The Labute approximate surface area is 188 Å². The Hall–Kier alpha value is -4.18. The standard InChI is InChI=1S/C23H21N3O7/c1-13(22(28)29)33-26-21(27)20-19(32-12-25-20)10-24-23(30)31-11-18-16-8-4-2-6-14(16)15-7-3-5-9-17(15)18/h2-9,12-13,18H,10-11H2,1H3,(H,24,30)(H,26,27)(H,28,29). The number of nitrogens with zero attached hydrogens (tertiary/aromatic N) is 1. The van der Waals surface area contributed by atoms with Gasteiger partial charge in [0.15, 0.2) is 24.0 Å². The number of carboxylic acids is 1. The Morgan fingerprint density at radius 1 is 1.09 bits per heavy atom. The number of carboxylic acid groups (broad SMARTS) is 1. The highest BCUT2D eigenvalue weighted by atomic mass is 16.7. The second kappa shape index (κ2) is 9.53. The zero-order valence-electron chi connectivity index (χ0n) is 17.6. The van der Waals surface area contributed by atoms with Gasteiger partial charge in [0.1, 0.15) is 6.61 Å². The molecular weight excluding hydrogens is 430 g/mol. The Morgan fingerprint density at radius 3 is 2.36 bits per heavy atom. The lowest BCUT2D eigenvalue weighted by molar-refractivity contribution is -0.152. The van der Waals surface area contributed by atoms with Gasteiger partial charge in [-0.3, -0.25) is 9.63 Å². The van der Waals surface area contributed by atoms with Gasteiger partial charge in [-0.25, -0.2) is 20.1 Å². The second-order valence-electron chi connectivity index (χ2n) is 7.33. The maximum absolute atomic E-state index is 12.3. The average molecular weight is 451 g/mol. The van der Waals surface area contributed by atoms with E-state index in [4.69, 9.17) is 19.1 Å². The molecule has 0 saturated heterocycles. The van der Waals surface area contributed by atoms with Gasteiger partial charge in [-0.05, 0) is 29.2 Å². The van der Waals surface area contributed by atoms with Crippen LogP contribution >= 0.6 is 0 Å². The molecule has 170 valence electrons. The van der Waals surface area contributed by atoms with Gasteiger partial charge in [0.05, 0.1) is 6.54 Å². The van der Waals surface area contributed by atoms with Crippen molar-refractivity contribution in [1.29, 1.82) is 0 Å². The fourth-order valence-corrected chi connectivity index (χ4v) is 3.62. The average Bonchev–Trinajstić information content (AvgIpc) is 3.42. The molecule has 33 heavy (non-hydrogen) atoms. The van der Waals surface area contributed by atoms with Gasteiger partial charge in [0, 0.05) is 5.92 Å². The highest BCUT2D eigenvalue weighted by molar-refractivity contribution is 5.92. The molecule has 0 fully saturated rings. The van der Waals surface area contributed by atoms with Crippen LogP contribution in [-0.2, 0) is 20.9 Å². The summed E-state index contributed by atoms with van der Waals surface area (Å²) in [6.07, 6.45) is -0.900. The quantitative estimate of drug-likeness (QED) is 0.444. The van der Waals surface area contributed by atoms with Crippen molar-refractivity contribution in [3.8, 4) is 11.1 Å². The minimum absolute atomic E-state index is 0.0626. The van der Waals surface area contributed by atoms with Crippen molar-refractivity contribution in [2.75, 3.05) is 6.61 Å². The number of carbonyl (C=O) groups is 3. The van der Waals surface area contributed by atoms with Crippen LogP contribution in [0.15, 0.2) is 59.3 Å². The number of nitrogens with one attached hydrogen (secondary N) is 2. The topological polar surface area (TPSA) is 140 Å². The van der Waals surface area contributed by atoms with Gasteiger partial charge in [0.25, 0.3) is 5.91 Å². The van der Waals surface area contributed by atoms with E-state index in [2.05, 4.69) is 10.3 Å². The van der Waals surface area contributed by atoms with Gasteiger partial charge >= 0.3 is 12.1 Å². The number of rotatable bonds is 8. The molecule has 2 amide bonds. The summed E-state index contributed by atoms with van der Waals surface area (Å²) in [6.45, 7) is 1.24. The van der Waals surface area contributed by atoms with Crippen molar-refractivity contribution in [2.24, 2.45) is 0 Å². The van der Waals surface area contributed by atoms with Crippen molar-refractivity contribution >= 4 is 18.0 Å². The van der Waals surface area contributed by atoms with E-state index in [0.717, 1.165) is 28.6 Å². The molecule has 10 nitrogen and oxygen atoms in total. The SMILES string of the molecule is CC(ONC(=O)c1ncoc1CNC(=O)OCC1c2ccccc2-c2ccccc21)C(=O)O. The summed E-state index contributed by atoms with van der Waals surface area (Å²) in [7, 11) is 0. The predicted octanol–water partition coefficient (Wildman–Crippen LogP) is 2.85. The summed E-state index contributed by atoms with van der Waals surface area (Å²) in [5.74, 6) is -2.07. The highest BCUT2D eigenvalue weighted by Gasteiger charge is 2.29. The van der Waals surface area contributed by atoms with Crippen molar-refractivity contribution in [3.63, 3.8) is 0 Å². The van der Waals surface area contributed by atoms with Crippen LogP contribution in [0.1, 0.15) is 40.2 Å². The number of amides is 2. The summed E-state index contributed by atoms with van der Waals surface area (Å²) < 4.78 is 10.6. The molecule has 1 aromatic heterocycles. The minimum Gasteiger partial charge on any atom is -0.479 e. The molecule has 3 aromatic rings. The molecule has 0 saturated carbocycles. The number of fused-ring (bicyclic) bond motifs is 3. The third kappa shape index (κ3) is 4.70. The van der Waals surface area contributed by atoms with Crippen molar-refractivity contribution in [3.05, 3.63) is 77.5 Å². The number of aliphatic carboxylic acids is 1. The Balaban J connectivity index is 1.33. The minimum atomic E-state index is -1.25. The van der Waals surface area contributed by atoms with E-state index in [9.17, 15) is 14.4 Å². The molecule has 1 atom stereocenters. The third-order valence-electron chi connectivity index (χ3n) is 5.27. The fourth-order valence-electron chi connectivity index (χ4n) is 3.62. The van der Waals surface area contributed by atoms with Crippen LogP contribution in [0.2, 0.25) is 0 Å². The molecular formula is C23H21N3O7. The van der Waals surface area contributed by atoms with E-state index >= 15 is 0 Å². The summed E-state index contributed by atoms with van der Waals surface area (Å²) in [5, 5.41) is 11.3. The normalized spacial score (nSPS) is 13.0. The Kier molecular flexibility index (Phi) is 6.36. The molecule has 0 radical (unpaired) electrons. The number of hydrogen-bond acceptors (Lipinski definition) is 7. The lowest BCUT2D eigenvalue weighted by atomic mass is 9.98. The first kappa shape index (κ1) is 22.0. The fraction of sp³-hybridized carbons (Fsp3) is 0.217. The zero-order valence-corrected chi connectivity index (χ0v) is 17.6. The Morgan fingerprint density at radius 2 is 1.73 bits per heavy atom. The molecule has 1 aliphatic rings. The van der Waals surface area contributed by atoms with E-state index < -0.39 is 24.1 Å².